The van der Waals surface area contributed by atoms with Crippen molar-refractivity contribution in [3.63, 3.8) is 0 Å². The van der Waals surface area contributed by atoms with Crippen LogP contribution in [0.15, 0.2) is 5.11 Å². The van der Waals surface area contributed by atoms with Crippen molar-refractivity contribution in [2.75, 3.05) is 13.1 Å². The van der Waals surface area contributed by atoms with Crippen molar-refractivity contribution in [1.82, 2.24) is 4.90 Å². The molecule has 13 heavy (non-hydrogen) atoms. The van der Waals surface area contributed by atoms with E-state index in [2.05, 4.69) is 14.9 Å². The Kier molecular flexibility index (Phi) is 2.20. The molecule has 5 nitrogen and oxygen atoms in total. The molecule has 2 saturated heterocycles. The van der Waals surface area contributed by atoms with Crippen LogP contribution in [-0.2, 0) is 4.79 Å². The molecule has 2 rings (SSSR count). The van der Waals surface area contributed by atoms with Gasteiger partial charge in [0, 0.05) is 36.9 Å². The van der Waals surface area contributed by atoms with E-state index in [-0.39, 0.29) is 6.04 Å². The van der Waals surface area contributed by atoms with Crippen LogP contribution in [0.5, 0.6) is 0 Å². The van der Waals surface area contributed by atoms with Gasteiger partial charge in [-0.3, -0.25) is 9.69 Å². The molecule has 70 valence electrons. The lowest BCUT2D eigenvalue weighted by Crippen LogP contribution is -2.38. The van der Waals surface area contributed by atoms with E-state index in [1.54, 1.807) is 0 Å². The normalized spacial score (nSPS) is 34.0. The van der Waals surface area contributed by atoms with Crippen LogP contribution in [0.4, 0.5) is 0 Å². The number of piperidine rings is 1. The summed E-state index contributed by atoms with van der Waals surface area (Å²) in [6, 6.07) is 0.428. The highest BCUT2D eigenvalue weighted by molar-refractivity contribution is 5.80. The predicted molar refractivity (Wildman–Crippen MR) is 47.2 cm³/mol. The lowest BCUT2D eigenvalue weighted by atomic mass is 10.0. The van der Waals surface area contributed by atoms with Crippen LogP contribution in [0.2, 0.25) is 0 Å². The van der Waals surface area contributed by atoms with Gasteiger partial charge in [0.2, 0.25) is 0 Å². The van der Waals surface area contributed by atoms with Crippen LogP contribution in [0, 0.1) is 0 Å². The first-order valence-corrected chi connectivity index (χ1v) is 4.59. The van der Waals surface area contributed by atoms with E-state index in [1.807, 2.05) is 0 Å². The second kappa shape index (κ2) is 3.36. The molecule has 0 amide bonds. The maximum atomic E-state index is 11.1. The number of nitrogens with zero attached hydrogens (tertiary/aromatic N) is 4. The summed E-state index contributed by atoms with van der Waals surface area (Å²) in [4.78, 5) is 16.2. The van der Waals surface area contributed by atoms with Crippen molar-refractivity contribution >= 4 is 5.78 Å². The fourth-order valence-electron chi connectivity index (χ4n) is 2.23. The van der Waals surface area contributed by atoms with Crippen molar-refractivity contribution in [1.29, 1.82) is 0 Å². The van der Waals surface area contributed by atoms with E-state index < -0.39 is 0 Å². The zero-order valence-electron chi connectivity index (χ0n) is 7.39. The van der Waals surface area contributed by atoms with Crippen molar-refractivity contribution in [2.24, 2.45) is 5.11 Å². The number of fused-ring (bicyclic) bond motifs is 1. The Labute approximate surface area is 76.3 Å². The average molecular weight is 180 g/mol. The second-order valence-corrected chi connectivity index (χ2v) is 3.74. The summed E-state index contributed by atoms with van der Waals surface area (Å²) in [5.41, 5.74) is 8.29. The fraction of sp³-hybridized carbons (Fsp3) is 0.875. The highest BCUT2D eigenvalue weighted by atomic mass is 16.1. The first kappa shape index (κ1) is 8.53. The minimum Gasteiger partial charge on any atom is -0.300 e. The Hall–Kier alpha value is -1.06. The lowest BCUT2D eigenvalue weighted by molar-refractivity contribution is -0.122. The van der Waals surface area contributed by atoms with Crippen LogP contribution in [0.25, 0.3) is 10.4 Å². The minimum absolute atomic E-state index is 0.0842. The van der Waals surface area contributed by atoms with E-state index in [4.69, 9.17) is 5.53 Å². The molecule has 2 fully saturated rings. The first-order valence-electron chi connectivity index (χ1n) is 4.59. The van der Waals surface area contributed by atoms with Crippen LogP contribution >= 0.6 is 0 Å². The Morgan fingerprint density at radius 1 is 1.62 bits per heavy atom. The molecule has 0 aromatic heterocycles. The molecule has 2 atom stereocenters. The van der Waals surface area contributed by atoms with E-state index >= 15 is 0 Å². The summed E-state index contributed by atoms with van der Waals surface area (Å²) < 4.78 is 0. The van der Waals surface area contributed by atoms with Gasteiger partial charge >= 0.3 is 0 Å². The highest BCUT2D eigenvalue weighted by Gasteiger charge is 2.35. The average Bonchev–Trinajstić information content (AvgIpc) is 2.46. The number of Topliss-reactive ketones (excluding diaryl/α,β-unsaturated/α-hetero) is 1. The summed E-state index contributed by atoms with van der Waals surface area (Å²) in [7, 11) is 0. The zero-order chi connectivity index (χ0) is 9.26. The molecule has 0 bridgehead atoms. The van der Waals surface area contributed by atoms with Gasteiger partial charge in [0.15, 0.2) is 0 Å². The van der Waals surface area contributed by atoms with Gasteiger partial charge in [-0.25, -0.2) is 0 Å². The molecule has 0 aromatic rings. The second-order valence-electron chi connectivity index (χ2n) is 3.74. The molecule has 0 spiro atoms. The molecular weight excluding hydrogens is 168 g/mol. The van der Waals surface area contributed by atoms with E-state index in [0.717, 1.165) is 19.5 Å². The largest absolute Gasteiger partial charge is 0.300 e. The molecule has 0 aromatic carbocycles. The van der Waals surface area contributed by atoms with Crippen molar-refractivity contribution < 1.29 is 4.79 Å². The number of hydrogen-bond donors (Lipinski definition) is 0. The van der Waals surface area contributed by atoms with Crippen molar-refractivity contribution in [3.05, 3.63) is 10.4 Å². The molecule has 0 radical (unpaired) electrons. The predicted octanol–water partition coefficient (Wildman–Crippen LogP) is 1.10. The molecule has 0 N–H and O–H groups in total. The van der Waals surface area contributed by atoms with Gasteiger partial charge in [0.1, 0.15) is 5.78 Å². The topological polar surface area (TPSA) is 69.1 Å². The van der Waals surface area contributed by atoms with Crippen molar-refractivity contribution in [2.45, 2.75) is 31.3 Å². The Morgan fingerprint density at radius 2 is 2.46 bits per heavy atom. The van der Waals surface area contributed by atoms with Crippen LogP contribution in [0.1, 0.15) is 19.3 Å². The number of rotatable bonds is 1. The van der Waals surface area contributed by atoms with Gasteiger partial charge in [-0.2, -0.15) is 0 Å². The Balaban J connectivity index is 2.01. The van der Waals surface area contributed by atoms with E-state index in [9.17, 15) is 4.79 Å². The molecule has 2 heterocycles. The number of carbonyl (C=O) groups excluding carboxylic acids is 1. The van der Waals surface area contributed by atoms with Gasteiger partial charge in [-0.1, -0.05) is 5.11 Å². The SMILES string of the molecule is [N-]=[N+]=NC1CC2CC(=O)CCN2C1. The highest BCUT2D eigenvalue weighted by Crippen LogP contribution is 2.26. The number of carbonyl (C=O) groups is 1. The minimum atomic E-state index is 0.0842. The maximum Gasteiger partial charge on any atom is 0.135 e. The standard InChI is InChI=1S/C8H12N4O/c9-11-10-6-3-7-4-8(13)1-2-12(7)5-6/h6-7H,1-5H2. The number of ketones is 1. The summed E-state index contributed by atoms with van der Waals surface area (Å²) in [6.45, 7) is 1.68. The first-order chi connectivity index (χ1) is 6.29. The third kappa shape index (κ3) is 1.66. The number of azide groups is 1. The zero-order valence-corrected chi connectivity index (χ0v) is 7.39. The quantitative estimate of drug-likeness (QED) is 0.344. The van der Waals surface area contributed by atoms with Gasteiger partial charge < -0.3 is 0 Å². The third-order valence-electron chi connectivity index (χ3n) is 2.86. The molecule has 0 aliphatic carbocycles. The number of hydrogen-bond acceptors (Lipinski definition) is 3. The fourth-order valence-corrected chi connectivity index (χ4v) is 2.23. The molecule has 5 heteroatoms. The van der Waals surface area contributed by atoms with Gasteiger partial charge in [0.25, 0.3) is 0 Å². The summed E-state index contributed by atoms with van der Waals surface area (Å²) in [6.07, 6.45) is 2.17. The molecule has 2 aliphatic rings. The monoisotopic (exact) mass is 180 g/mol. The molecular formula is C8H12N4O. The molecule has 2 aliphatic heterocycles. The van der Waals surface area contributed by atoms with Gasteiger partial charge in [-0.15, -0.1) is 0 Å². The van der Waals surface area contributed by atoms with E-state index in [0.29, 0.717) is 24.7 Å². The van der Waals surface area contributed by atoms with Gasteiger partial charge in [-0.05, 0) is 12.0 Å². The lowest BCUT2D eigenvalue weighted by Gasteiger charge is -2.27. The Morgan fingerprint density at radius 3 is 3.23 bits per heavy atom. The molecule has 2 unspecified atom stereocenters. The van der Waals surface area contributed by atoms with Crippen LogP contribution in [-0.4, -0.2) is 35.9 Å². The van der Waals surface area contributed by atoms with Crippen LogP contribution < -0.4 is 0 Å². The van der Waals surface area contributed by atoms with E-state index in [1.165, 1.54) is 0 Å². The van der Waals surface area contributed by atoms with Crippen LogP contribution in [0.3, 0.4) is 0 Å². The summed E-state index contributed by atoms with van der Waals surface area (Å²) in [5, 5.41) is 3.70. The Bertz CT molecular complexity index is 271. The summed E-state index contributed by atoms with van der Waals surface area (Å²) in [5.74, 6) is 0.350. The summed E-state index contributed by atoms with van der Waals surface area (Å²) >= 11 is 0. The third-order valence-corrected chi connectivity index (χ3v) is 2.86. The van der Waals surface area contributed by atoms with Gasteiger partial charge in [0.05, 0.1) is 6.04 Å². The molecule has 0 saturated carbocycles. The van der Waals surface area contributed by atoms with Crippen molar-refractivity contribution in [3.8, 4) is 0 Å². The smallest absolute Gasteiger partial charge is 0.135 e. The maximum absolute atomic E-state index is 11.1.